The monoisotopic (exact) mass is 802 g/mol. The summed E-state index contributed by atoms with van der Waals surface area (Å²) in [6, 6.07) is 4.42. The van der Waals surface area contributed by atoms with Crippen molar-refractivity contribution >= 4 is 39.6 Å². The van der Waals surface area contributed by atoms with E-state index in [1.54, 1.807) is 18.7 Å². The largest absolute Gasteiger partial charge is 0.508 e. The number of aromatic nitrogens is 3. The molecule has 0 radical (unpaired) electrons. The minimum absolute atomic E-state index is 0.0156. The molecule has 4 aromatic rings. The van der Waals surface area contributed by atoms with E-state index in [0.29, 0.717) is 31.2 Å². The number of benzene rings is 2. The van der Waals surface area contributed by atoms with Gasteiger partial charge < -0.3 is 24.2 Å². The molecule has 1 spiro atoms. The van der Waals surface area contributed by atoms with Crippen LogP contribution in [0.5, 0.6) is 11.8 Å². The van der Waals surface area contributed by atoms with Gasteiger partial charge in [-0.05, 0) is 62.2 Å². The van der Waals surface area contributed by atoms with Crippen molar-refractivity contribution in [1.82, 2.24) is 24.8 Å². The van der Waals surface area contributed by atoms with Crippen LogP contribution in [0.4, 0.5) is 28.2 Å². The summed E-state index contributed by atoms with van der Waals surface area (Å²) in [7, 11) is 0. The molecule has 9 rings (SSSR count). The van der Waals surface area contributed by atoms with E-state index >= 15 is 8.78 Å². The summed E-state index contributed by atoms with van der Waals surface area (Å²) in [6.07, 6.45) is 8.27. The molecule has 5 fully saturated rings. The summed E-state index contributed by atoms with van der Waals surface area (Å²) in [5.74, 6) is -2.82. The third kappa shape index (κ3) is 6.11. The topological polar surface area (TPSA) is 130 Å². The molecule has 6 heterocycles. The van der Waals surface area contributed by atoms with Gasteiger partial charge in [0.15, 0.2) is 5.82 Å². The maximum atomic E-state index is 17.2. The van der Waals surface area contributed by atoms with Crippen LogP contribution in [0.3, 0.4) is 0 Å². The summed E-state index contributed by atoms with van der Waals surface area (Å²) in [5, 5.41) is 11.4. The summed E-state index contributed by atoms with van der Waals surface area (Å²) < 4.78 is 78.5. The van der Waals surface area contributed by atoms with Crippen molar-refractivity contribution < 1.29 is 46.5 Å². The van der Waals surface area contributed by atoms with Crippen LogP contribution in [0, 0.1) is 35.3 Å². The van der Waals surface area contributed by atoms with Crippen LogP contribution in [-0.2, 0) is 14.3 Å². The number of piperazine rings is 1. The van der Waals surface area contributed by atoms with E-state index in [2.05, 4.69) is 20.8 Å². The number of carbonyl (C=O) groups excluding carboxylic acids is 2. The molecule has 4 aliphatic heterocycles. The Morgan fingerprint density at radius 3 is 2.50 bits per heavy atom. The summed E-state index contributed by atoms with van der Waals surface area (Å²) in [5.41, 5.74) is -2.23. The average Bonchev–Trinajstić information content (AvgIpc) is 3.44. The number of phenols is 1. The summed E-state index contributed by atoms with van der Waals surface area (Å²) in [6.45, 7) is 6.36. The lowest BCUT2D eigenvalue weighted by atomic mass is 9.89. The van der Waals surface area contributed by atoms with E-state index in [0.717, 1.165) is 6.42 Å². The van der Waals surface area contributed by atoms with Gasteiger partial charge in [-0.3, -0.25) is 19.6 Å². The van der Waals surface area contributed by atoms with E-state index in [4.69, 9.17) is 25.6 Å². The molecular formula is C42H42F4N6O6. The number of nitrogens with zero attached hydrogens (tertiary/aromatic N) is 6. The van der Waals surface area contributed by atoms with Crippen LogP contribution in [-0.4, -0.2) is 105 Å². The first-order chi connectivity index (χ1) is 27.6. The molecule has 5 atom stereocenters. The van der Waals surface area contributed by atoms with E-state index in [-0.39, 0.29) is 102 Å². The third-order valence-corrected chi connectivity index (χ3v) is 12.7. The molecule has 1 unspecified atom stereocenters. The van der Waals surface area contributed by atoms with Gasteiger partial charge in [-0.1, -0.05) is 25.8 Å². The molecule has 2 aromatic carbocycles. The number of rotatable bonds is 8. The van der Waals surface area contributed by atoms with Crippen molar-refractivity contribution in [2.45, 2.75) is 89.1 Å². The van der Waals surface area contributed by atoms with Crippen molar-refractivity contribution in [3.05, 3.63) is 47.7 Å². The Labute approximate surface area is 331 Å². The van der Waals surface area contributed by atoms with Crippen LogP contribution in [0.2, 0.25) is 0 Å². The fourth-order valence-corrected chi connectivity index (χ4v) is 9.82. The zero-order valence-corrected chi connectivity index (χ0v) is 32.2. The fraction of sp³-hybridized carbons (Fsp3) is 0.500. The number of alkyl halides is 2. The molecule has 12 nitrogen and oxygen atoms in total. The molecular weight excluding hydrogens is 760 g/mol. The number of hydrogen-bond acceptors (Lipinski definition) is 11. The summed E-state index contributed by atoms with van der Waals surface area (Å²) in [4.78, 5) is 45.0. The quantitative estimate of drug-likeness (QED) is 0.0876. The molecule has 1 amide bonds. The second-order valence-electron chi connectivity index (χ2n) is 16.8. The van der Waals surface area contributed by atoms with Crippen molar-refractivity contribution in [3.63, 3.8) is 0 Å². The van der Waals surface area contributed by atoms with E-state index in [1.165, 1.54) is 37.4 Å². The molecule has 16 heteroatoms. The summed E-state index contributed by atoms with van der Waals surface area (Å²) >= 11 is 0. The molecule has 2 bridgehead atoms. The molecule has 1 saturated carbocycles. The highest BCUT2D eigenvalue weighted by Crippen LogP contribution is 2.69. The van der Waals surface area contributed by atoms with Gasteiger partial charge in [0.05, 0.1) is 39.9 Å². The first-order valence-corrected chi connectivity index (χ1v) is 19.6. The molecule has 1 aliphatic carbocycles. The molecule has 58 heavy (non-hydrogen) atoms. The number of fused-ring (bicyclic) bond motifs is 5. The Balaban J connectivity index is 1.09. The van der Waals surface area contributed by atoms with Gasteiger partial charge in [-0.2, -0.15) is 9.97 Å². The number of phenolic OH excluding ortho intramolecular Hbond substituents is 1. The van der Waals surface area contributed by atoms with E-state index in [1.807, 2.05) is 4.90 Å². The highest BCUT2D eigenvalue weighted by Gasteiger charge is 2.77. The lowest BCUT2D eigenvalue weighted by Crippen LogP contribution is -2.56. The number of pyridine rings is 1. The smallest absolute Gasteiger partial charge is 0.413 e. The van der Waals surface area contributed by atoms with Gasteiger partial charge >= 0.3 is 18.1 Å². The maximum Gasteiger partial charge on any atom is 0.413 e. The van der Waals surface area contributed by atoms with Crippen LogP contribution in [0.15, 0.2) is 30.5 Å². The normalized spacial score (nSPS) is 26.3. The molecule has 2 aromatic heterocycles. The van der Waals surface area contributed by atoms with Gasteiger partial charge in [0.2, 0.25) is 6.29 Å². The zero-order valence-electron chi connectivity index (χ0n) is 32.2. The number of amides is 1. The second-order valence-corrected chi connectivity index (χ2v) is 16.8. The number of terminal acetylenes is 1. The minimum atomic E-state index is -2.73. The molecule has 5 aliphatic rings. The Hall–Kier alpha value is -5.43. The van der Waals surface area contributed by atoms with Gasteiger partial charge in [-0.25, -0.2) is 22.4 Å². The second kappa shape index (κ2) is 13.6. The van der Waals surface area contributed by atoms with Crippen molar-refractivity contribution in [1.29, 1.82) is 0 Å². The van der Waals surface area contributed by atoms with Gasteiger partial charge in [0.1, 0.15) is 35.2 Å². The highest BCUT2D eigenvalue weighted by molar-refractivity contribution is 6.03. The van der Waals surface area contributed by atoms with Gasteiger partial charge in [0.25, 0.3) is 5.92 Å². The first-order valence-electron chi connectivity index (χ1n) is 19.6. The molecule has 304 valence electrons. The van der Waals surface area contributed by atoms with Crippen molar-refractivity contribution in [3.8, 4) is 35.4 Å². The molecule has 4 saturated heterocycles. The lowest BCUT2D eigenvalue weighted by Gasteiger charge is -2.41. The highest BCUT2D eigenvalue weighted by atomic mass is 19.3. The minimum Gasteiger partial charge on any atom is -0.508 e. The SMILES string of the molecule is C#Cc1c(F)ccc2cc(O)cc(-c3ncc4c(N5C[C@H]6CC[C@@H](C5)N6C(=O)OC(C)OC(=O)C(C)C)nc(OC[C@@]56CCCN5C[C@@]5(CC5(F)F)C6)nc4c3F)c12. The van der Waals surface area contributed by atoms with Crippen LogP contribution in [0.25, 0.3) is 32.9 Å². The van der Waals surface area contributed by atoms with E-state index in [9.17, 15) is 23.5 Å². The van der Waals surface area contributed by atoms with E-state index < -0.39 is 52.8 Å². The Morgan fingerprint density at radius 2 is 1.81 bits per heavy atom. The number of carbonyl (C=O) groups is 2. The Kier molecular flexibility index (Phi) is 8.92. The number of anilines is 1. The number of halogens is 4. The first kappa shape index (κ1) is 38.1. The lowest BCUT2D eigenvalue weighted by molar-refractivity contribution is -0.170. The number of ether oxygens (including phenoxy) is 3. The predicted octanol–water partition coefficient (Wildman–Crippen LogP) is 6.79. The standard InChI is InChI=1S/C42H42F4N6O6/c1-5-28-31(43)10-7-24-13-27(53)14-29(32(24)28)34-33(44)35-30(15-47-34)36(49-38(48-35)56-21-41-11-6-12-51(41)20-40(18-41)19-42(40,45)46)50-16-25-8-9-26(17-50)52(25)39(55)58-23(4)57-37(54)22(2)3/h1,7,10,13-15,22-23,25-26,53H,6,8-9,11-12,16-21H2,2-4H3/t23?,25-,26+,40-,41-/m0/s1. The number of esters is 1. The van der Waals surface area contributed by atoms with Crippen molar-refractivity contribution in [2.24, 2.45) is 11.3 Å². The maximum absolute atomic E-state index is 17.2. The van der Waals surface area contributed by atoms with Crippen LogP contribution >= 0.6 is 0 Å². The average molecular weight is 803 g/mol. The number of hydrogen-bond donors (Lipinski definition) is 1. The third-order valence-electron chi connectivity index (χ3n) is 12.7. The predicted molar refractivity (Wildman–Crippen MR) is 203 cm³/mol. The Morgan fingerprint density at radius 1 is 1.07 bits per heavy atom. The fourth-order valence-electron chi connectivity index (χ4n) is 9.82. The van der Waals surface area contributed by atoms with Crippen LogP contribution < -0.4 is 9.64 Å². The zero-order chi connectivity index (χ0) is 40.9. The van der Waals surface area contributed by atoms with Crippen molar-refractivity contribution in [2.75, 3.05) is 37.7 Å². The van der Waals surface area contributed by atoms with Gasteiger partial charge in [0, 0.05) is 50.1 Å². The number of aromatic hydroxyl groups is 1. The molecule has 1 N–H and O–H groups in total. The van der Waals surface area contributed by atoms with Crippen LogP contribution in [0.1, 0.15) is 64.9 Å². The Bertz CT molecular complexity index is 2410. The van der Waals surface area contributed by atoms with Gasteiger partial charge in [-0.15, -0.1) is 6.42 Å².